The molecule has 0 radical (unpaired) electrons. The van der Waals surface area contributed by atoms with E-state index in [2.05, 4.69) is 43.4 Å². The molecule has 1 rings (SSSR count). The first kappa shape index (κ1) is 8.82. The van der Waals surface area contributed by atoms with E-state index in [-0.39, 0.29) is 0 Å². The monoisotopic (exact) mass is 252 g/mol. The molecular formula is C9H17I. The SMILES string of the molecule is CC(C)(I)C1(C)CCCC1. The van der Waals surface area contributed by atoms with Crippen LogP contribution in [0.4, 0.5) is 0 Å². The van der Waals surface area contributed by atoms with Crippen molar-refractivity contribution >= 4 is 22.6 Å². The highest BCUT2D eigenvalue weighted by Gasteiger charge is 2.40. The fourth-order valence-corrected chi connectivity index (χ4v) is 2.29. The molecule has 0 saturated heterocycles. The summed E-state index contributed by atoms with van der Waals surface area (Å²) in [6.07, 6.45) is 5.76. The third-order valence-corrected chi connectivity index (χ3v) is 4.44. The van der Waals surface area contributed by atoms with Gasteiger partial charge in [0.2, 0.25) is 0 Å². The molecule has 1 fully saturated rings. The van der Waals surface area contributed by atoms with Crippen molar-refractivity contribution in [3.8, 4) is 0 Å². The fraction of sp³-hybridized carbons (Fsp3) is 1.00. The molecule has 1 aliphatic rings. The third kappa shape index (κ3) is 1.49. The van der Waals surface area contributed by atoms with E-state index in [4.69, 9.17) is 0 Å². The van der Waals surface area contributed by atoms with Crippen molar-refractivity contribution in [2.45, 2.75) is 49.9 Å². The maximum Gasteiger partial charge on any atom is 0.0219 e. The van der Waals surface area contributed by atoms with Crippen molar-refractivity contribution in [3.05, 3.63) is 0 Å². The molecule has 0 aromatic heterocycles. The Hall–Kier alpha value is 0.730. The summed E-state index contributed by atoms with van der Waals surface area (Å²) in [4.78, 5) is 0. The van der Waals surface area contributed by atoms with Crippen LogP contribution in [0.5, 0.6) is 0 Å². The first-order valence-corrected chi connectivity index (χ1v) is 5.22. The molecule has 0 atom stereocenters. The smallest absolute Gasteiger partial charge is 0.0219 e. The van der Waals surface area contributed by atoms with Crippen molar-refractivity contribution in [1.29, 1.82) is 0 Å². The lowest BCUT2D eigenvalue weighted by Crippen LogP contribution is -2.32. The maximum absolute atomic E-state index is 2.60. The van der Waals surface area contributed by atoms with E-state index in [0.717, 1.165) is 0 Å². The van der Waals surface area contributed by atoms with Gasteiger partial charge in [-0.15, -0.1) is 0 Å². The van der Waals surface area contributed by atoms with Crippen molar-refractivity contribution in [2.75, 3.05) is 0 Å². The first-order chi connectivity index (χ1) is 4.46. The highest BCUT2D eigenvalue weighted by molar-refractivity contribution is 14.1. The van der Waals surface area contributed by atoms with E-state index < -0.39 is 0 Å². The zero-order valence-electron chi connectivity index (χ0n) is 7.21. The minimum atomic E-state index is 0.487. The van der Waals surface area contributed by atoms with Crippen LogP contribution in [0.2, 0.25) is 0 Å². The van der Waals surface area contributed by atoms with E-state index in [1.807, 2.05) is 0 Å². The molecule has 10 heavy (non-hydrogen) atoms. The van der Waals surface area contributed by atoms with Gasteiger partial charge in [0, 0.05) is 3.42 Å². The van der Waals surface area contributed by atoms with Crippen LogP contribution < -0.4 is 0 Å². The van der Waals surface area contributed by atoms with Gasteiger partial charge >= 0.3 is 0 Å². The van der Waals surface area contributed by atoms with Gasteiger partial charge in [0.1, 0.15) is 0 Å². The fourth-order valence-electron chi connectivity index (χ4n) is 1.75. The van der Waals surface area contributed by atoms with Crippen molar-refractivity contribution < 1.29 is 0 Å². The average molecular weight is 252 g/mol. The Kier molecular flexibility index (Phi) is 2.34. The Balaban J connectivity index is 2.67. The Morgan fingerprint density at radius 1 is 1.20 bits per heavy atom. The van der Waals surface area contributed by atoms with Crippen LogP contribution in [-0.4, -0.2) is 3.42 Å². The Labute approximate surface area is 77.9 Å². The largest absolute Gasteiger partial charge is 0.0789 e. The molecule has 0 spiro atoms. The number of rotatable bonds is 1. The molecule has 0 bridgehead atoms. The minimum absolute atomic E-state index is 0.487. The minimum Gasteiger partial charge on any atom is -0.0789 e. The highest BCUT2D eigenvalue weighted by atomic mass is 127. The van der Waals surface area contributed by atoms with Crippen LogP contribution in [0.15, 0.2) is 0 Å². The lowest BCUT2D eigenvalue weighted by molar-refractivity contribution is 0.274. The predicted octanol–water partition coefficient (Wildman–Crippen LogP) is 3.78. The predicted molar refractivity (Wildman–Crippen MR) is 54.7 cm³/mol. The van der Waals surface area contributed by atoms with E-state index in [1.54, 1.807) is 0 Å². The molecule has 0 heterocycles. The van der Waals surface area contributed by atoms with Gasteiger partial charge in [-0.3, -0.25) is 0 Å². The Morgan fingerprint density at radius 3 is 1.80 bits per heavy atom. The number of hydrogen-bond acceptors (Lipinski definition) is 0. The highest BCUT2D eigenvalue weighted by Crippen LogP contribution is 2.50. The number of halogens is 1. The molecule has 60 valence electrons. The molecule has 0 amide bonds. The summed E-state index contributed by atoms with van der Waals surface area (Å²) in [5.41, 5.74) is 0.619. The lowest BCUT2D eigenvalue weighted by Gasteiger charge is -2.36. The topological polar surface area (TPSA) is 0 Å². The summed E-state index contributed by atoms with van der Waals surface area (Å²) < 4.78 is 0.487. The van der Waals surface area contributed by atoms with Crippen LogP contribution in [-0.2, 0) is 0 Å². The third-order valence-electron chi connectivity index (χ3n) is 3.14. The number of alkyl halides is 1. The Bertz CT molecular complexity index is 115. The van der Waals surface area contributed by atoms with E-state index in [9.17, 15) is 0 Å². The number of hydrogen-bond donors (Lipinski definition) is 0. The van der Waals surface area contributed by atoms with Crippen molar-refractivity contribution in [1.82, 2.24) is 0 Å². The second-order valence-electron chi connectivity index (χ2n) is 4.24. The van der Waals surface area contributed by atoms with Crippen LogP contribution >= 0.6 is 22.6 Å². The second-order valence-corrected chi connectivity index (χ2v) is 6.94. The molecule has 0 N–H and O–H groups in total. The quantitative estimate of drug-likeness (QED) is 0.492. The van der Waals surface area contributed by atoms with Crippen molar-refractivity contribution in [3.63, 3.8) is 0 Å². The molecule has 0 unspecified atom stereocenters. The van der Waals surface area contributed by atoms with E-state index >= 15 is 0 Å². The molecule has 0 nitrogen and oxygen atoms in total. The van der Waals surface area contributed by atoms with Gasteiger partial charge in [-0.25, -0.2) is 0 Å². The maximum atomic E-state index is 2.60. The zero-order valence-corrected chi connectivity index (χ0v) is 9.36. The first-order valence-electron chi connectivity index (χ1n) is 4.15. The van der Waals surface area contributed by atoms with Crippen LogP contribution in [0.25, 0.3) is 0 Å². The molecule has 1 saturated carbocycles. The molecule has 0 aromatic rings. The normalized spacial score (nSPS) is 25.2. The summed E-state index contributed by atoms with van der Waals surface area (Å²) in [5.74, 6) is 0. The van der Waals surface area contributed by atoms with Gasteiger partial charge in [-0.1, -0.05) is 56.2 Å². The zero-order chi connectivity index (χ0) is 7.83. The van der Waals surface area contributed by atoms with Gasteiger partial charge in [-0.2, -0.15) is 0 Å². The summed E-state index contributed by atoms with van der Waals surface area (Å²) in [6, 6.07) is 0. The molecule has 0 aliphatic heterocycles. The van der Waals surface area contributed by atoms with Crippen LogP contribution in [0.1, 0.15) is 46.5 Å². The van der Waals surface area contributed by atoms with E-state index in [1.165, 1.54) is 25.7 Å². The molecule has 0 aromatic carbocycles. The van der Waals surface area contributed by atoms with Gasteiger partial charge < -0.3 is 0 Å². The lowest BCUT2D eigenvalue weighted by atomic mass is 9.78. The average Bonchev–Trinajstić information content (AvgIpc) is 2.13. The summed E-state index contributed by atoms with van der Waals surface area (Å²) in [6.45, 7) is 7.16. The van der Waals surface area contributed by atoms with Gasteiger partial charge in [-0.05, 0) is 18.3 Å². The summed E-state index contributed by atoms with van der Waals surface area (Å²) >= 11 is 2.60. The summed E-state index contributed by atoms with van der Waals surface area (Å²) in [7, 11) is 0. The van der Waals surface area contributed by atoms with Crippen LogP contribution in [0.3, 0.4) is 0 Å². The van der Waals surface area contributed by atoms with Gasteiger partial charge in [0.25, 0.3) is 0 Å². The molecular weight excluding hydrogens is 235 g/mol. The van der Waals surface area contributed by atoms with Gasteiger partial charge in [0.15, 0.2) is 0 Å². The van der Waals surface area contributed by atoms with Crippen LogP contribution in [0, 0.1) is 5.41 Å². The Morgan fingerprint density at radius 2 is 1.60 bits per heavy atom. The van der Waals surface area contributed by atoms with E-state index in [0.29, 0.717) is 8.84 Å². The summed E-state index contributed by atoms with van der Waals surface area (Å²) in [5, 5.41) is 0. The van der Waals surface area contributed by atoms with Gasteiger partial charge in [0.05, 0.1) is 0 Å². The second kappa shape index (κ2) is 2.65. The molecule has 1 aliphatic carbocycles. The standard InChI is InChI=1S/C9H17I/c1-8(2,10)9(3)6-4-5-7-9/h4-7H2,1-3H3. The molecule has 1 heteroatoms. The van der Waals surface area contributed by atoms with Crippen molar-refractivity contribution in [2.24, 2.45) is 5.41 Å².